The van der Waals surface area contributed by atoms with Gasteiger partial charge in [0.25, 0.3) is 5.91 Å². The van der Waals surface area contributed by atoms with Crippen molar-refractivity contribution in [1.82, 2.24) is 14.9 Å². The fourth-order valence-electron chi connectivity index (χ4n) is 5.66. The molecule has 2 aliphatic heterocycles. The van der Waals surface area contributed by atoms with Crippen LogP contribution in [0, 0.1) is 5.92 Å². The van der Waals surface area contributed by atoms with Crippen LogP contribution in [0.3, 0.4) is 0 Å². The minimum atomic E-state index is -5.08. The number of carbonyl (C=O) groups excluding carboxylic acids is 3. The predicted molar refractivity (Wildman–Crippen MR) is 130 cm³/mol. The van der Waals surface area contributed by atoms with Gasteiger partial charge < -0.3 is 15.4 Å². The van der Waals surface area contributed by atoms with Gasteiger partial charge in [-0.3, -0.25) is 14.6 Å². The number of amides is 1. The number of ether oxygens (including phenoxy) is 1. The lowest BCUT2D eigenvalue weighted by Gasteiger charge is -2.55. The van der Waals surface area contributed by atoms with E-state index in [0.29, 0.717) is 19.5 Å². The molecule has 8 nitrogen and oxygen atoms in total. The quantitative estimate of drug-likeness (QED) is 0.184. The molecular weight excluding hydrogens is 528 g/mol. The molecule has 0 radical (unpaired) electrons. The van der Waals surface area contributed by atoms with Crippen LogP contribution in [-0.2, 0) is 14.3 Å². The van der Waals surface area contributed by atoms with Gasteiger partial charge in [-0.1, -0.05) is 6.08 Å². The van der Waals surface area contributed by atoms with Crippen molar-refractivity contribution in [3.8, 4) is 0 Å². The van der Waals surface area contributed by atoms with Crippen molar-refractivity contribution in [3.05, 3.63) is 53.4 Å². The molecule has 2 spiro atoms. The van der Waals surface area contributed by atoms with E-state index < -0.39 is 41.6 Å². The van der Waals surface area contributed by atoms with Gasteiger partial charge in [0.15, 0.2) is 0 Å². The van der Waals surface area contributed by atoms with Crippen LogP contribution in [0.2, 0.25) is 0 Å². The van der Waals surface area contributed by atoms with E-state index in [0.717, 1.165) is 16.9 Å². The number of carbonyl (C=O) groups is 3. The summed E-state index contributed by atoms with van der Waals surface area (Å²) in [4.78, 5) is 41.2. The summed E-state index contributed by atoms with van der Waals surface area (Å²) in [5.41, 5.74) is -0.303. The van der Waals surface area contributed by atoms with Crippen molar-refractivity contribution in [3.63, 3.8) is 0 Å². The van der Waals surface area contributed by atoms with Crippen molar-refractivity contribution >= 4 is 35.9 Å². The van der Waals surface area contributed by atoms with Crippen LogP contribution in [0.4, 0.5) is 17.6 Å². The first-order chi connectivity index (χ1) is 18.0. The second kappa shape index (κ2) is 9.84. The molecule has 3 unspecified atom stereocenters. The molecule has 4 aliphatic rings. The number of hydrogen-bond acceptors (Lipinski definition) is 8. The molecule has 0 saturated heterocycles. The number of nitrogens with zero attached hydrogens (tertiary/aromatic N) is 2. The molecule has 1 aromatic rings. The Bertz CT molecular complexity index is 1250. The highest BCUT2D eigenvalue weighted by atomic mass is 32.2. The van der Waals surface area contributed by atoms with Crippen LogP contribution < -0.4 is 10.6 Å². The summed E-state index contributed by atoms with van der Waals surface area (Å²) in [7, 11) is 0. The summed E-state index contributed by atoms with van der Waals surface area (Å²) in [6.45, 7) is 0.241. The van der Waals surface area contributed by atoms with Crippen LogP contribution in [0.25, 0.3) is 0 Å². The lowest BCUT2D eigenvalue weighted by molar-refractivity contribution is -0.199. The molecule has 1 saturated carbocycles. The Morgan fingerprint density at radius 2 is 2.03 bits per heavy atom. The van der Waals surface area contributed by atoms with Gasteiger partial charge in [0.2, 0.25) is 0 Å². The largest absolute Gasteiger partial charge is 0.490 e. The molecule has 5 rings (SSSR count). The fourth-order valence-corrected chi connectivity index (χ4v) is 6.62. The topological polar surface area (TPSA) is 100 Å². The second-order valence-corrected chi connectivity index (χ2v) is 10.7. The SMILES string of the molecule is O=C(NCCOC(=O)C(F)(F)F)c1ccc(SN2CC=C3CCC4C(=O)CC(F)=CC45N=CNC35C2)cc1. The molecule has 13 heteroatoms. The number of benzene rings is 1. The van der Waals surface area contributed by atoms with Gasteiger partial charge in [-0.05, 0) is 60.7 Å². The number of hydrogen-bond donors (Lipinski definition) is 2. The van der Waals surface area contributed by atoms with Gasteiger partial charge in [0.05, 0.1) is 25.2 Å². The highest BCUT2D eigenvalue weighted by molar-refractivity contribution is 7.97. The normalized spacial score (nSPS) is 28.3. The van der Waals surface area contributed by atoms with Crippen LogP contribution in [-0.4, -0.2) is 71.8 Å². The summed E-state index contributed by atoms with van der Waals surface area (Å²) in [6.07, 6.45) is 1.32. The second-order valence-electron chi connectivity index (χ2n) is 9.52. The minimum Gasteiger partial charge on any atom is -0.457 e. The van der Waals surface area contributed by atoms with E-state index in [9.17, 15) is 31.9 Å². The zero-order valence-electron chi connectivity index (χ0n) is 20.0. The van der Waals surface area contributed by atoms with Crippen molar-refractivity contribution in [1.29, 1.82) is 0 Å². The maximum absolute atomic E-state index is 14.5. The number of Topliss-reactive ketones (excluding diaryl/α,β-unsaturated/α-hetero) is 1. The number of rotatable bonds is 6. The monoisotopic (exact) mass is 552 g/mol. The number of alkyl halides is 3. The fraction of sp³-hybridized carbons (Fsp3) is 0.440. The zero-order valence-corrected chi connectivity index (χ0v) is 20.8. The molecule has 0 aromatic heterocycles. The van der Waals surface area contributed by atoms with E-state index in [1.807, 2.05) is 0 Å². The Hall–Kier alpha value is -3.19. The van der Waals surface area contributed by atoms with Gasteiger partial charge in [0, 0.05) is 23.5 Å². The minimum absolute atomic E-state index is 0.124. The van der Waals surface area contributed by atoms with E-state index in [2.05, 4.69) is 30.7 Å². The zero-order chi connectivity index (χ0) is 27.1. The summed E-state index contributed by atoms with van der Waals surface area (Å²) in [5.74, 6) is -3.79. The molecule has 2 aliphatic carbocycles. The molecule has 1 aromatic carbocycles. The Kier molecular flexibility index (Phi) is 6.84. The van der Waals surface area contributed by atoms with Crippen LogP contribution in [0.1, 0.15) is 29.6 Å². The standard InChI is InChI=1S/C25H24F4N4O4S/c26-17-11-20(34)19-6-3-16-7-9-33(13-24(16)23(19,12-17)31-14-32-24)38-18-4-1-15(2-5-18)21(35)30-8-10-37-22(36)25(27,28)29/h1-2,4-5,7,12,14,19H,3,6,8-11,13H2,(H,30,35)(H,31,32). The van der Waals surface area contributed by atoms with Crippen LogP contribution in [0.5, 0.6) is 0 Å². The Morgan fingerprint density at radius 1 is 1.26 bits per heavy atom. The third kappa shape index (κ3) is 4.62. The number of ketones is 1. The van der Waals surface area contributed by atoms with Crippen molar-refractivity contribution in [2.75, 3.05) is 26.2 Å². The van der Waals surface area contributed by atoms with Crippen LogP contribution in [0.15, 0.2) is 57.7 Å². The van der Waals surface area contributed by atoms with Gasteiger partial charge in [-0.2, -0.15) is 13.2 Å². The molecule has 1 amide bonds. The highest BCUT2D eigenvalue weighted by Crippen LogP contribution is 2.54. The maximum atomic E-state index is 14.5. The first-order valence-electron chi connectivity index (χ1n) is 12.0. The van der Waals surface area contributed by atoms with Crippen LogP contribution >= 0.6 is 11.9 Å². The molecule has 2 heterocycles. The summed E-state index contributed by atoms with van der Waals surface area (Å²) in [5, 5.41) is 5.76. The Morgan fingerprint density at radius 3 is 2.76 bits per heavy atom. The van der Waals surface area contributed by atoms with E-state index in [1.54, 1.807) is 30.6 Å². The summed E-state index contributed by atoms with van der Waals surface area (Å²) in [6, 6.07) is 6.63. The molecular formula is C25H24F4N4O4S. The average molecular weight is 553 g/mol. The summed E-state index contributed by atoms with van der Waals surface area (Å²) < 4.78 is 57.1. The van der Waals surface area contributed by atoms with E-state index in [-0.39, 0.29) is 30.2 Å². The summed E-state index contributed by atoms with van der Waals surface area (Å²) >= 11 is 1.45. The Labute approximate surface area is 219 Å². The van der Waals surface area contributed by atoms with Crippen molar-refractivity contribution in [2.45, 2.75) is 41.4 Å². The molecule has 2 N–H and O–H groups in total. The lowest BCUT2D eigenvalue weighted by atomic mass is 9.56. The van der Waals surface area contributed by atoms with E-state index in [4.69, 9.17) is 0 Å². The number of nitrogens with one attached hydrogen (secondary N) is 2. The van der Waals surface area contributed by atoms with Gasteiger partial charge >= 0.3 is 12.1 Å². The predicted octanol–water partition coefficient (Wildman–Crippen LogP) is 3.12. The lowest BCUT2D eigenvalue weighted by Crippen LogP contribution is -2.70. The number of esters is 1. The third-order valence-electron chi connectivity index (χ3n) is 7.32. The highest BCUT2D eigenvalue weighted by Gasteiger charge is 2.65. The smallest absolute Gasteiger partial charge is 0.457 e. The maximum Gasteiger partial charge on any atom is 0.490 e. The van der Waals surface area contributed by atoms with Gasteiger partial charge in [-0.25, -0.2) is 13.5 Å². The van der Waals surface area contributed by atoms with Crippen molar-refractivity contribution < 1.29 is 36.7 Å². The molecule has 38 heavy (non-hydrogen) atoms. The molecule has 3 atom stereocenters. The average Bonchev–Trinajstić information content (AvgIpc) is 3.22. The van der Waals surface area contributed by atoms with Crippen molar-refractivity contribution in [2.24, 2.45) is 10.9 Å². The van der Waals surface area contributed by atoms with E-state index >= 15 is 0 Å². The third-order valence-corrected chi connectivity index (χ3v) is 8.34. The number of allylic oxidation sites excluding steroid dienone is 1. The Balaban J connectivity index is 1.22. The van der Waals surface area contributed by atoms with E-state index in [1.165, 1.54) is 18.0 Å². The molecule has 0 bridgehead atoms. The molecule has 202 valence electrons. The number of halogens is 4. The van der Waals surface area contributed by atoms with Gasteiger partial charge in [0.1, 0.15) is 29.3 Å². The molecule has 1 fully saturated rings. The number of aliphatic imine (C=N–C) groups is 1. The first kappa shape index (κ1) is 26.4. The first-order valence-corrected chi connectivity index (χ1v) is 12.8. The van der Waals surface area contributed by atoms with Gasteiger partial charge in [-0.15, -0.1) is 0 Å².